The van der Waals surface area contributed by atoms with Crippen molar-refractivity contribution in [3.63, 3.8) is 0 Å². The van der Waals surface area contributed by atoms with Gasteiger partial charge in [-0.1, -0.05) is 32.4 Å². The molecule has 0 saturated carbocycles. The Morgan fingerprint density at radius 2 is 1.79 bits per heavy atom. The molecule has 4 nitrogen and oxygen atoms in total. The van der Waals surface area contributed by atoms with E-state index < -0.39 is 11.9 Å². The molecule has 0 saturated heterocycles. The second kappa shape index (κ2) is 11.4. The molecule has 0 atom stereocenters. The average Bonchev–Trinajstić information content (AvgIpc) is 2.13. The van der Waals surface area contributed by atoms with Crippen LogP contribution in [0.2, 0.25) is 0 Å². The molecule has 14 heavy (non-hydrogen) atoms. The van der Waals surface area contributed by atoms with E-state index in [1.54, 1.807) is 6.08 Å². The van der Waals surface area contributed by atoms with Gasteiger partial charge in [-0.3, -0.25) is 0 Å². The minimum Gasteiger partial charge on any atom is -0.478 e. The third-order valence-corrected chi connectivity index (χ3v) is 1.16. The minimum absolute atomic E-state index is 0.833. The fraction of sp³-hybridized carbons (Fsp3) is 0.400. The second-order valence-electron chi connectivity index (χ2n) is 2.43. The Morgan fingerprint density at radius 1 is 1.29 bits per heavy atom. The maximum Gasteiger partial charge on any atom is 0.327 e. The van der Waals surface area contributed by atoms with Gasteiger partial charge in [-0.25, -0.2) is 9.59 Å². The van der Waals surface area contributed by atoms with Crippen LogP contribution in [-0.4, -0.2) is 22.2 Å². The summed E-state index contributed by atoms with van der Waals surface area (Å²) >= 11 is 0. The van der Waals surface area contributed by atoms with Crippen LogP contribution in [0.1, 0.15) is 26.2 Å². The number of carboxylic acids is 2. The van der Waals surface area contributed by atoms with Crippen LogP contribution in [0.4, 0.5) is 0 Å². The molecule has 0 heterocycles. The predicted molar refractivity (Wildman–Crippen MR) is 54.1 cm³/mol. The Hall–Kier alpha value is -1.58. The first-order chi connectivity index (χ1) is 6.54. The maximum atomic E-state index is 9.88. The standard InChI is InChI=1S/C7H12O2.C3H4O2/c1-2-3-4-5-6-7(8)9;1-2-3(4)5/h5-6H,2-4H2,1H3,(H,8,9);2H,1H2,(H,4,5). The van der Waals surface area contributed by atoms with Crippen molar-refractivity contribution >= 4 is 11.9 Å². The van der Waals surface area contributed by atoms with E-state index in [9.17, 15) is 9.59 Å². The molecule has 0 aliphatic rings. The molecule has 4 heteroatoms. The topological polar surface area (TPSA) is 74.6 Å². The Bertz CT molecular complexity index is 206. The highest BCUT2D eigenvalue weighted by atomic mass is 16.4. The van der Waals surface area contributed by atoms with Crippen LogP contribution in [0, 0.1) is 0 Å². The molecule has 0 aromatic carbocycles. The van der Waals surface area contributed by atoms with E-state index in [1.165, 1.54) is 6.08 Å². The zero-order chi connectivity index (χ0) is 11.4. The third kappa shape index (κ3) is 22.4. The lowest BCUT2D eigenvalue weighted by atomic mass is 10.2. The van der Waals surface area contributed by atoms with E-state index in [1.807, 2.05) is 0 Å². The lowest BCUT2D eigenvalue weighted by Gasteiger charge is -1.85. The molecule has 0 spiro atoms. The zero-order valence-electron chi connectivity index (χ0n) is 8.27. The summed E-state index contributed by atoms with van der Waals surface area (Å²) in [5.41, 5.74) is 0. The summed E-state index contributed by atoms with van der Waals surface area (Å²) in [4.78, 5) is 19.1. The minimum atomic E-state index is -0.981. The number of rotatable bonds is 5. The molecule has 0 aliphatic carbocycles. The van der Waals surface area contributed by atoms with Crippen molar-refractivity contribution < 1.29 is 19.8 Å². The van der Waals surface area contributed by atoms with Crippen molar-refractivity contribution in [3.8, 4) is 0 Å². The average molecular weight is 200 g/mol. The first-order valence-electron chi connectivity index (χ1n) is 4.29. The lowest BCUT2D eigenvalue weighted by Crippen LogP contribution is -1.85. The summed E-state index contributed by atoms with van der Waals surface area (Å²) in [5, 5.41) is 15.7. The monoisotopic (exact) mass is 200 g/mol. The maximum absolute atomic E-state index is 9.88. The Morgan fingerprint density at radius 3 is 2.07 bits per heavy atom. The normalized spacial score (nSPS) is 8.93. The summed E-state index contributed by atoms with van der Waals surface area (Å²) in [6, 6.07) is 0. The summed E-state index contributed by atoms with van der Waals surface area (Å²) in [6.45, 7) is 5.04. The highest BCUT2D eigenvalue weighted by Gasteiger charge is 1.83. The van der Waals surface area contributed by atoms with Crippen LogP contribution in [0.5, 0.6) is 0 Å². The molecule has 0 radical (unpaired) electrons. The largest absolute Gasteiger partial charge is 0.478 e. The number of aliphatic carboxylic acids is 2. The first-order valence-corrected chi connectivity index (χ1v) is 4.29. The molecule has 0 fully saturated rings. The highest BCUT2D eigenvalue weighted by molar-refractivity contribution is 5.79. The van der Waals surface area contributed by atoms with E-state index >= 15 is 0 Å². The molecular weight excluding hydrogens is 184 g/mol. The number of hydrogen-bond acceptors (Lipinski definition) is 2. The van der Waals surface area contributed by atoms with Gasteiger partial charge in [0.15, 0.2) is 0 Å². The van der Waals surface area contributed by atoms with Gasteiger partial charge in [0.2, 0.25) is 0 Å². The van der Waals surface area contributed by atoms with Gasteiger partial charge in [-0.2, -0.15) is 0 Å². The van der Waals surface area contributed by atoms with Gasteiger partial charge >= 0.3 is 11.9 Å². The van der Waals surface area contributed by atoms with Crippen LogP contribution in [0.15, 0.2) is 24.8 Å². The van der Waals surface area contributed by atoms with Gasteiger partial charge in [0.05, 0.1) is 0 Å². The smallest absolute Gasteiger partial charge is 0.327 e. The quantitative estimate of drug-likeness (QED) is 0.526. The van der Waals surface area contributed by atoms with Crippen molar-refractivity contribution in [2.75, 3.05) is 0 Å². The Labute approximate surface area is 83.6 Å². The molecule has 2 N–H and O–H groups in total. The van der Waals surface area contributed by atoms with Crippen molar-refractivity contribution in [1.82, 2.24) is 0 Å². The molecule has 0 aromatic heterocycles. The van der Waals surface area contributed by atoms with E-state index in [0.29, 0.717) is 0 Å². The van der Waals surface area contributed by atoms with Crippen molar-refractivity contribution in [2.45, 2.75) is 26.2 Å². The van der Waals surface area contributed by atoms with Crippen LogP contribution < -0.4 is 0 Å². The fourth-order valence-corrected chi connectivity index (χ4v) is 0.506. The number of allylic oxidation sites excluding steroid dienone is 1. The fourth-order valence-electron chi connectivity index (χ4n) is 0.506. The van der Waals surface area contributed by atoms with Crippen LogP contribution in [0.25, 0.3) is 0 Å². The Kier molecular flexibility index (Phi) is 12.2. The molecular formula is C10H16O4. The second-order valence-corrected chi connectivity index (χ2v) is 2.43. The van der Waals surface area contributed by atoms with Crippen molar-refractivity contribution in [2.24, 2.45) is 0 Å². The van der Waals surface area contributed by atoms with Gasteiger partial charge < -0.3 is 10.2 Å². The molecule has 0 bridgehead atoms. The Balaban J connectivity index is 0. The van der Waals surface area contributed by atoms with Crippen LogP contribution in [0.3, 0.4) is 0 Å². The van der Waals surface area contributed by atoms with E-state index in [-0.39, 0.29) is 0 Å². The lowest BCUT2D eigenvalue weighted by molar-refractivity contribution is -0.132. The van der Waals surface area contributed by atoms with Gasteiger partial charge in [0, 0.05) is 12.2 Å². The van der Waals surface area contributed by atoms with Crippen LogP contribution >= 0.6 is 0 Å². The summed E-state index contributed by atoms with van der Waals surface area (Å²) < 4.78 is 0. The number of carboxylic acid groups (broad SMARTS) is 2. The number of hydrogen-bond donors (Lipinski definition) is 2. The van der Waals surface area contributed by atoms with E-state index in [4.69, 9.17) is 10.2 Å². The molecule has 0 aliphatic heterocycles. The van der Waals surface area contributed by atoms with Crippen molar-refractivity contribution in [1.29, 1.82) is 0 Å². The molecule has 80 valence electrons. The van der Waals surface area contributed by atoms with E-state index in [2.05, 4.69) is 13.5 Å². The number of unbranched alkanes of at least 4 members (excludes halogenated alkanes) is 2. The molecule has 0 aromatic rings. The van der Waals surface area contributed by atoms with Gasteiger partial charge in [0.1, 0.15) is 0 Å². The van der Waals surface area contributed by atoms with Gasteiger partial charge in [-0.15, -0.1) is 0 Å². The van der Waals surface area contributed by atoms with Crippen LogP contribution in [-0.2, 0) is 9.59 Å². The van der Waals surface area contributed by atoms with Gasteiger partial charge in [0.25, 0.3) is 0 Å². The summed E-state index contributed by atoms with van der Waals surface area (Å²) in [5.74, 6) is -1.84. The summed E-state index contributed by atoms with van der Waals surface area (Å²) in [6.07, 6.45) is 6.78. The predicted octanol–water partition coefficient (Wildman–Crippen LogP) is 2.07. The van der Waals surface area contributed by atoms with Gasteiger partial charge in [-0.05, 0) is 6.42 Å². The summed E-state index contributed by atoms with van der Waals surface area (Å²) in [7, 11) is 0. The first kappa shape index (κ1) is 14.9. The SMILES string of the molecule is C=CC(=O)O.CCCCC=CC(=O)O. The van der Waals surface area contributed by atoms with Crippen molar-refractivity contribution in [3.05, 3.63) is 24.8 Å². The van der Waals surface area contributed by atoms with E-state index in [0.717, 1.165) is 25.3 Å². The molecule has 0 rings (SSSR count). The third-order valence-electron chi connectivity index (χ3n) is 1.16. The molecule has 0 amide bonds. The zero-order valence-corrected chi connectivity index (χ0v) is 8.27. The number of carbonyl (C=O) groups is 2. The molecule has 0 unspecified atom stereocenters. The highest BCUT2D eigenvalue weighted by Crippen LogP contribution is 1.93.